The Morgan fingerprint density at radius 1 is 1.35 bits per heavy atom. The van der Waals surface area contributed by atoms with Gasteiger partial charge in [-0.2, -0.15) is 5.10 Å². The van der Waals surface area contributed by atoms with Crippen molar-refractivity contribution in [2.45, 2.75) is 32.6 Å². The molecule has 0 aliphatic carbocycles. The fourth-order valence-corrected chi connectivity index (χ4v) is 1.81. The van der Waals surface area contributed by atoms with Crippen LogP contribution in [0, 0.1) is 5.82 Å². The van der Waals surface area contributed by atoms with Crippen molar-refractivity contribution in [3.63, 3.8) is 0 Å². The van der Waals surface area contributed by atoms with E-state index < -0.39 is 0 Å². The third-order valence-corrected chi connectivity index (χ3v) is 3.04. The second-order valence-electron chi connectivity index (χ2n) is 5.04. The molecule has 2 aromatic rings. The van der Waals surface area contributed by atoms with Gasteiger partial charge in [0.25, 0.3) is 0 Å². The molecule has 0 radical (unpaired) electrons. The lowest BCUT2D eigenvalue weighted by Crippen LogP contribution is -2.12. The number of H-pyrrole nitrogens is 1. The molecule has 0 saturated carbocycles. The second kappa shape index (κ2) is 6.32. The first-order valence-corrected chi connectivity index (χ1v) is 6.64. The lowest BCUT2D eigenvalue weighted by molar-refractivity contribution is -0.116. The summed E-state index contributed by atoms with van der Waals surface area (Å²) in [5.74, 6) is 0.511. The summed E-state index contributed by atoms with van der Waals surface area (Å²) >= 11 is 0. The van der Waals surface area contributed by atoms with Crippen molar-refractivity contribution in [3.05, 3.63) is 47.4 Å². The average molecular weight is 275 g/mol. The molecule has 2 N–H and O–H groups in total. The van der Waals surface area contributed by atoms with Crippen molar-refractivity contribution in [3.8, 4) is 0 Å². The number of anilines is 1. The van der Waals surface area contributed by atoms with E-state index >= 15 is 0 Å². The molecule has 0 aliphatic heterocycles. The Morgan fingerprint density at radius 2 is 2.05 bits per heavy atom. The molecule has 0 spiro atoms. The Kier molecular flexibility index (Phi) is 4.50. The van der Waals surface area contributed by atoms with Crippen LogP contribution in [0.2, 0.25) is 0 Å². The number of halogens is 1. The minimum Gasteiger partial charge on any atom is -0.309 e. The molecule has 4 nitrogen and oxygen atoms in total. The molecular weight excluding hydrogens is 257 g/mol. The number of amides is 1. The summed E-state index contributed by atoms with van der Waals surface area (Å²) in [7, 11) is 0. The number of benzene rings is 1. The molecule has 1 aromatic carbocycles. The molecule has 0 unspecified atom stereocenters. The molecule has 106 valence electrons. The van der Waals surface area contributed by atoms with Crippen molar-refractivity contribution >= 4 is 11.7 Å². The van der Waals surface area contributed by atoms with Crippen LogP contribution >= 0.6 is 0 Å². The van der Waals surface area contributed by atoms with E-state index in [0.717, 1.165) is 11.3 Å². The predicted octanol–water partition coefficient (Wildman–Crippen LogP) is 3.24. The summed E-state index contributed by atoms with van der Waals surface area (Å²) in [6, 6.07) is 8.01. The molecule has 1 aromatic heterocycles. The van der Waals surface area contributed by atoms with Crippen LogP contribution in [-0.4, -0.2) is 16.1 Å². The Morgan fingerprint density at radius 3 is 2.65 bits per heavy atom. The molecular formula is C15H18FN3O. The smallest absolute Gasteiger partial charge is 0.225 e. The first-order valence-electron chi connectivity index (χ1n) is 6.64. The largest absolute Gasteiger partial charge is 0.309 e. The van der Waals surface area contributed by atoms with Crippen molar-refractivity contribution in [2.24, 2.45) is 0 Å². The van der Waals surface area contributed by atoms with Gasteiger partial charge in [0.15, 0.2) is 5.82 Å². The van der Waals surface area contributed by atoms with Crippen LogP contribution in [0.15, 0.2) is 30.3 Å². The average Bonchev–Trinajstić information content (AvgIpc) is 2.87. The highest BCUT2D eigenvalue weighted by Gasteiger charge is 2.08. The van der Waals surface area contributed by atoms with Gasteiger partial charge in [-0.05, 0) is 30.0 Å². The van der Waals surface area contributed by atoms with E-state index in [9.17, 15) is 9.18 Å². The van der Waals surface area contributed by atoms with Crippen LogP contribution in [0.3, 0.4) is 0 Å². The maximum Gasteiger partial charge on any atom is 0.225 e. The second-order valence-corrected chi connectivity index (χ2v) is 5.04. The van der Waals surface area contributed by atoms with Crippen LogP contribution < -0.4 is 5.32 Å². The Hall–Kier alpha value is -2.17. The van der Waals surface area contributed by atoms with Crippen molar-refractivity contribution < 1.29 is 9.18 Å². The maximum atomic E-state index is 12.7. The number of carbonyl (C=O) groups is 1. The molecule has 0 bridgehead atoms. The highest BCUT2D eigenvalue weighted by molar-refractivity contribution is 5.89. The van der Waals surface area contributed by atoms with Gasteiger partial charge in [-0.1, -0.05) is 26.0 Å². The number of hydrogen-bond donors (Lipinski definition) is 2. The van der Waals surface area contributed by atoms with Gasteiger partial charge in [-0.25, -0.2) is 4.39 Å². The number of aromatic nitrogens is 2. The first-order chi connectivity index (χ1) is 9.54. The highest BCUT2D eigenvalue weighted by atomic mass is 19.1. The van der Waals surface area contributed by atoms with Gasteiger partial charge in [-0.3, -0.25) is 9.89 Å². The van der Waals surface area contributed by atoms with Gasteiger partial charge < -0.3 is 5.32 Å². The van der Waals surface area contributed by atoms with E-state index in [1.807, 2.05) is 19.9 Å². The summed E-state index contributed by atoms with van der Waals surface area (Å²) in [6.45, 7) is 4.10. The molecule has 1 amide bonds. The molecule has 0 aliphatic rings. The Balaban J connectivity index is 1.84. The number of aromatic amines is 1. The van der Waals surface area contributed by atoms with E-state index in [2.05, 4.69) is 15.5 Å². The topological polar surface area (TPSA) is 57.8 Å². The van der Waals surface area contributed by atoms with Crippen LogP contribution in [0.1, 0.15) is 37.4 Å². The highest BCUT2D eigenvalue weighted by Crippen LogP contribution is 2.15. The van der Waals surface area contributed by atoms with Gasteiger partial charge >= 0.3 is 0 Å². The zero-order chi connectivity index (χ0) is 14.5. The number of carbonyl (C=O) groups excluding carboxylic acids is 1. The molecule has 20 heavy (non-hydrogen) atoms. The van der Waals surface area contributed by atoms with Crippen LogP contribution in [-0.2, 0) is 11.2 Å². The minimum atomic E-state index is -0.268. The van der Waals surface area contributed by atoms with E-state index in [1.54, 1.807) is 12.1 Å². The molecule has 2 rings (SSSR count). The van der Waals surface area contributed by atoms with Gasteiger partial charge in [0.05, 0.1) is 0 Å². The van der Waals surface area contributed by atoms with Gasteiger partial charge in [-0.15, -0.1) is 0 Å². The number of nitrogens with one attached hydrogen (secondary N) is 2. The molecule has 0 atom stereocenters. The van der Waals surface area contributed by atoms with E-state index in [4.69, 9.17) is 0 Å². The van der Waals surface area contributed by atoms with E-state index in [-0.39, 0.29) is 11.7 Å². The first kappa shape index (κ1) is 14.2. The summed E-state index contributed by atoms with van der Waals surface area (Å²) in [5.41, 5.74) is 1.92. The quantitative estimate of drug-likeness (QED) is 0.880. The van der Waals surface area contributed by atoms with Crippen molar-refractivity contribution in [1.82, 2.24) is 10.2 Å². The Labute approximate surface area is 117 Å². The zero-order valence-corrected chi connectivity index (χ0v) is 11.6. The standard InChI is InChI=1S/C15H18FN3O/c1-10(2)13-9-14(19-18-13)17-15(20)8-5-11-3-6-12(16)7-4-11/h3-4,6-7,9-10H,5,8H2,1-2H3,(H2,17,18,19,20). The molecule has 1 heterocycles. The fraction of sp³-hybridized carbons (Fsp3) is 0.333. The number of aryl methyl sites for hydroxylation is 1. The van der Waals surface area contributed by atoms with Gasteiger partial charge in [0.1, 0.15) is 5.82 Å². The summed E-state index contributed by atoms with van der Waals surface area (Å²) < 4.78 is 12.7. The third kappa shape index (κ3) is 3.91. The van der Waals surface area contributed by atoms with E-state index in [0.29, 0.717) is 24.6 Å². The summed E-state index contributed by atoms with van der Waals surface area (Å²) in [5, 5.41) is 9.67. The van der Waals surface area contributed by atoms with Crippen LogP contribution in [0.4, 0.5) is 10.2 Å². The summed E-state index contributed by atoms with van der Waals surface area (Å²) in [4.78, 5) is 11.8. The SMILES string of the molecule is CC(C)c1cc(NC(=O)CCc2ccc(F)cc2)n[nH]1. The summed E-state index contributed by atoms with van der Waals surface area (Å²) in [6.07, 6.45) is 0.920. The van der Waals surface area contributed by atoms with Gasteiger partial charge in [0, 0.05) is 18.2 Å². The van der Waals surface area contributed by atoms with Crippen molar-refractivity contribution in [1.29, 1.82) is 0 Å². The molecule has 0 saturated heterocycles. The maximum absolute atomic E-state index is 12.7. The number of rotatable bonds is 5. The Bertz CT molecular complexity index is 575. The van der Waals surface area contributed by atoms with Crippen molar-refractivity contribution in [2.75, 3.05) is 5.32 Å². The number of hydrogen-bond acceptors (Lipinski definition) is 2. The minimum absolute atomic E-state index is 0.101. The fourth-order valence-electron chi connectivity index (χ4n) is 1.81. The number of nitrogens with zero attached hydrogens (tertiary/aromatic N) is 1. The van der Waals surface area contributed by atoms with Crippen LogP contribution in [0.5, 0.6) is 0 Å². The predicted molar refractivity (Wildman–Crippen MR) is 76.0 cm³/mol. The van der Waals surface area contributed by atoms with E-state index in [1.165, 1.54) is 12.1 Å². The normalized spacial score (nSPS) is 10.8. The zero-order valence-electron chi connectivity index (χ0n) is 11.6. The molecule has 0 fully saturated rings. The lowest BCUT2D eigenvalue weighted by Gasteiger charge is -2.02. The third-order valence-electron chi connectivity index (χ3n) is 3.04. The lowest BCUT2D eigenvalue weighted by atomic mass is 10.1. The molecule has 5 heteroatoms. The van der Waals surface area contributed by atoms with Crippen LogP contribution in [0.25, 0.3) is 0 Å². The van der Waals surface area contributed by atoms with Gasteiger partial charge in [0.2, 0.25) is 5.91 Å². The monoisotopic (exact) mass is 275 g/mol.